The van der Waals surface area contributed by atoms with Crippen LogP contribution >= 0.6 is 0 Å². The summed E-state index contributed by atoms with van der Waals surface area (Å²) >= 11 is 0. The van der Waals surface area contributed by atoms with Crippen LogP contribution in [0, 0.1) is 46.3 Å². The van der Waals surface area contributed by atoms with Crippen LogP contribution in [0.1, 0.15) is 91.9 Å². The number of aliphatic hydroxyl groups excluding tert-OH is 2. The highest BCUT2D eigenvalue weighted by atomic mass is 16.5. The fourth-order valence-electron chi connectivity index (χ4n) is 11.6. The van der Waals surface area contributed by atoms with Gasteiger partial charge in [-0.25, -0.2) is 0 Å². The Labute approximate surface area is 257 Å². The smallest absolute Gasteiger partial charge is 0.159 e. The van der Waals surface area contributed by atoms with Crippen LogP contribution in [-0.4, -0.2) is 88.8 Å². The summed E-state index contributed by atoms with van der Waals surface area (Å²) < 4.78 is 17.5. The van der Waals surface area contributed by atoms with Crippen LogP contribution in [0.25, 0.3) is 0 Å². The summed E-state index contributed by atoms with van der Waals surface area (Å²) in [6.45, 7) is 9.26. The monoisotopic (exact) mass is 604 g/mol. The van der Waals surface area contributed by atoms with E-state index in [1.54, 1.807) is 14.0 Å². The maximum Gasteiger partial charge on any atom is 0.159 e. The molecule has 0 radical (unpaired) electrons. The van der Waals surface area contributed by atoms with Crippen molar-refractivity contribution in [1.82, 2.24) is 0 Å². The Bertz CT molecular complexity index is 1090. The van der Waals surface area contributed by atoms with Gasteiger partial charge in [0.25, 0.3) is 0 Å². The van der Waals surface area contributed by atoms with Crippen LogP contribution in [-0.2, 0) is 19.0 Å². The first-order valence-electron chi connectivity index (χ1n) is 17.1. The van der Waals surface area contributed by atoms with Crippen molar-refractivity contribution in [2.24, 2.45) is 46.3 Å². The molecule has 5 aliphatic carbocycles. The highest BCUT2D eigenvalue weighted by Gasteiger charge is 2.73. The van der Waals surface area contributed by atoms with E-state index in [1.165, 1.54) is 0 Å². The summed E-state index contributed by atoms with van der Waals surface area (Å²) in [4.78, 5) is 14.0. The molecule has 5 fully saturated rings. The number of rotatable bonds is 9. The summed E-state index contributed by atoms with van der Waals surface area (Å²) in [7, 11) is 1.70. The van der Waals surface area contributed by atoms with E-state index in [2.05, 4.69) is 6.92 Å². The number of hydrogen-bond acceptors (Lipinski definition) is 8. The Hall–Kier alpha value is -0.870. The van der Waals surface area contributed by atoms with E-state index >= 15 is 0 Å². The first-order chi connectivity index (χ1) is 20.4. The minimum absolute atomic E-state index is 0.0269. The molecule has 14 atom stereocenters. The highest BCUT2D eigenvalue weighted by molar-refractivity contribution is 5.95. The number of fused-ring (bicyclic) bond motifs is 6. The molecule has 43 heavy (non-hydrogen) atoms. The molecule has 0 aromatic carbocycles. The van der Waals surface area contributed by atoms with E-state index in [0.717, 1.165) is 56.9 Å². The lowest BCUT2D eigenvalue weighted by atomic mass is 9.40. The van der Waals surface area contributed by atoms with Gasteiger partial charge in [0.1, 0.15) is 6.10 Å². The third kappa shape index (κ3) is 4.67. The topological polar surface area (TPSA) is 126 Å². The number of ketones is 1. The number of ether oxygens (including phenoxy) is 3. The van der Waals surface area contributed by atoms with Crippen molar-refractivity contribution in [3.63, 3.8) is 0 Å². The second-order valence-corrected chi connectivity index (χ2v) is 15.8. The summed E-state index contributed by atoms with van der Waals surface area (Å²) in [5.41, 5.74) is -2.58. The second kappa shape index (κ2) is 11.4. The third-order valence-electron chi connectivity index (χ3n) is 14.0. The largest absolute Gasteiger partial charge is 0.394 e. The lowest BCUT2D eigenvalue weighted by Crippen LogP contribution is -2.67. The zero-order valence-corrected chi connectivity index (χ0v) is 27.0. The molecule has 0 aromatic rings. The standard InChI is InChI=1S/C35H56O8/c1-20-21(2)30(43-27(20)19-36)31(38)33(4,39)28-10-13-35(40)25-17-26(37)24-16-23(42-15-7-14-41-5)9-12-32(24,3)29(25)22-8-6-11-34(28,35)18-22/h17,20-24,27-31,36,38-40H,6-16,18-19H2,1-5H3/t20-,21-,22+,23+,24+,27+,28-,29+,30+,31-,32+,33+,34-,35-/m1/s1. The SMILES string of the molecule is COCCCO[C@H]1CC[C@]2(C)[C@@H]3C(=CC(=O)[C@@H]2C1)[C@]1(O)CC[C@H]([C@](C)(O)[C@H](O)[C@H]2O[C@@H](CO)[C@H](C)[C@H]2C)[C@]12CCC[C@H]3C2. The van der Waals surface area contributed by atoms with Gasteiger partial charge < -0.3 is 34.6 Å². The predicted octanol–water partition coefficient (Wildman–Crippen LogP) is 3.81. The Balaban J connectivity index is 1.29. The summed E-state index contributed by atoms with van der Waals surface area (Å²) in [5.74, 6) is 0.184. The molecule has 4 saturated carbocycles. The molecule has 1 aliphatic heterocycles. The van der Waals surface area contributed by atoms with Gasteiger partial charge in [-0.3, -0.25) is 4.79 Å². The molecular formula is C35H56O8. The predicted molar refractivity (Wildman–Crippen MR) is 161 cm³/mol. The molecule has 1 spiro atoms. The van der Waals surface area contributed by atoms with Gasteiger partial charge in [-0.15, -0.1) is 0 Å². The third-order valence-corrected chi connectivity index (χ3v) is 14.0. The summed E-state index contributed by atoms with van der Waals surface area (Å²) in [6, 6.07) is 0. The molecule has 6 aliphatic rings. The molecule has 0 amide bonds. The normalized spacial score (nSPS) is 49.5. The first kappa shape index (κ1) is 32.1. The number of methoxy groups -OCH3 is 1. The zero-order chi connectivity index (χ0) is 30.9. The molecule has 6 rings (SSSR count). The number of aliphatic hydroxyl groups is 4. The van der Waals surface area contributed by atoms with E-state index in [-0.39, 0.29) is 59.6 Å². The molecular weight excluding hydrogens is 548 g/mol. The maximum absolute atomic E-state index is 14.0. The minimum Gasteiger partial charge on any atom is -0.394 e. The molecule has 244 valence electrons. The highest BCUT2D eigenvalue weighted by Crippen LogP contribution is 2.73. The van der Waals surface area contributed by atoms with E-state index in [4.69, 9.17) is 14.2 Å². The Kier molecular flexibility index (Phi) is 8.53. The van der Waals surface area contributed by atoms with Crippen molar-refractivity contribution in [1.29, 1.82) is 0 Å². The molecule has 2 bridgehead atoms. The van der Waals surface area contributed by atoms with Crippen LogP contribution in [0.5, 0.6) is 0 Å². The van der Waals surface area contributed by atoms with E-state index < -0.39 is 28.8 Å². The van der Waals surface area contributed by atoms with Gasteiger partial charge in [0, 0.05) is 31.7 Å². The first-order valence-corrected chi connectivity index (χ1v) is 17.1. The zero-order valence-electron chi connectivity index (χ0n) is 27.0. The summed E-state index contributed by atoms with van der Waals surface area (Å²) in [6.07, 6.45) is 7.89. The Morgan fingerprint density at radius 3 is 2.60 bits per heavy atom. The van der Waals surface area contributed by atoms with Crippen LogP contribution in [0.15, 0.2) is 11.6 Å². The van der Waals surface area contributed by atoms with Crippen LogP contribution in [0.4, 0.5) is 0 Å². The lowest BCUT2D eigenvalue weighted by molar-refractivity contribution is -0.217. The molecule has 8 heteroatoms. The van der Waals surface area contributed by atoms with Crippen LogP contribution in [0.2, 0.25) is 0 Å². The van der Waals surface area contributed by atoms with Gasteiger partial charge in [0.2, 0.25) is 0 Å². The van der Waals surface area contributed by atoms with Crippen molar-refractivity contribution in [3.8, 4) is 0 Å². The van der Waals surface area contributed by atoms with Gasteiger partial charge in [-0.1, -0.05) is 27.2 Å². The lowest BCUT2D eigenvalue weighted by Gasteiger charge is -2.65. The number of hydrogen-bond donors (Lipinski definition) is 4. The van der Waals surface area contributed by atoms with Gasteiger partial charge in [-0.05, 0) is 111 Å². The average molecular weight is 605 g/mol. The van der Waals surface area contributed by atoms with Crippen molar-refractivity contribution < 1.29 is 39.4 Å². The van der Waals surface area contributed by atoms with Gasteiger partial charge in [-0.2, -0.15) is 0 Å². The van der Waals surface area contributed by atoms with Crippen molar-refractivity contribution in [3.05, 3.63) is 11.6 Å². The number of allylic oxidation sites excluding steroid dienone is 1. The average Bonchev–Trinajstić information content (AvgIpc) is 3.43. The number of carbonyl (C=O) groups is 1. The maximum atomic E-state index is 14.0. The van der Waals surface area contributed by atoms with Crippen molar-refractivity contribution in [2.45, 2.75) is 128 Å². The quantitative estimate of drug-likeness (QED) is 0.293. The van der Waals surface area contributed by atoms with Gasteiger partial charge >= 0.3 is 0 Å². The Morgan fingerprint density at radius 1 is 1.14 bits per heavy atom. The van der Waals surface area contributed by atoms with Crippen LogP contribution < -0.4 is 0 Å². The molecule has 0 unspecified atom stereocenters. The van der Waals surface area contributed by atoms with E-state index in [1.807, 2.05) is 19.9 Å². The molecule has 8 nitrogen and oxygen atoms in total. The molecule has 1 heterocycles. The Morgan fingerprint density at radius 2 is 1.91 bits per heavy atom. The van der Waals surface area contributed by atoms with Crippen molar-refractivity contribution in [2.75, 3.05) is 26.9 Å². The van der Waals surface area contributed by atoms with E-state index in [9.17, 15) is 25.2 Å². The van der Waals surface area contributed by atoms with Gasteiger partial charge in [0.05, 0.1) is 36.1 Å². The van der Waals surface area contributed by atoms with Crippen molar-refractivity contribution >= 4 is 5.78 Å². The molecule has 4 N–H and O–H groups in total. The minimum atomic E-state index is -1.49. The molecule has 0 aromatic heterocycles. The fourth-order valence-corrected chi connectivity index (χ4v) is 11.6. The molecule has 1 saturated heterocycles. The van der Waals surface area contributed by atoms with Crippen LogP contribution in [0.3, 0.4) is 0 Å². The second-order valence-electron chi connectivity index (χ2n) is 15.8. The van der Waals surface area contributed by atoms with Gasteiger partial charge in [0.15, 0.2) is 5.78 Å². The number of carbonyl (C=O) groups excluding carboxylic acids is 1. The summed E-state index contributed by atoms with van der Waals surface area (Å²) in [5, 5.41) is 46.8. The van der Waals surface area contributed by atoms with E-state index in [0.29, 0.717) is 32.0 Å². The fraction of sp³-hybridized carbons (Fsp3) is 0.914.